The van der Waals surface area contributed by atoms with Crippen molar-refractivity contribution in [1.29, 1.82) is 0 Å². The molecular weight excluding hydrogens is 496 g/mol. The summed E-state index contributed by atoms with van der Waals surface area (Å²) in [5.41, 5.74) is 2.84. The van der Waals surface area contributed by atoms with E-state index >= 15 is 0 Å². The van der Waals surface area contributed by atoms with Crippen molar-refractivity contribution >= 4 is 45.8 Å². The third kappa shape index (κ3) is 6.11. The van der Waals surface area contributed by atoms with Gasteiger partial charge in [0.2, 0.25) is 5.91 Å². The largest absolute Gasteiger partial charge is 0.495 e. The summed E-state index contributed by atoms with van der Waals surface area (Å²) in [5.74, 6) is 1.02. The molecule has 0 saturated carbocycles. The smallest absolute Gasteiger partial charge is 0.257 e. The van der Waals surface area contributed by atoms with E-state index in [4.69, 9.17) is 21.1 Å². The van der Waals surface area contributed by atoms with E-state index < -0.39 is 5.91 Å². The lowest BCUT2D eigenvalue weighted by molar-refractivity contribution is -0.124. The molecule has 2 aromatic heterocycles. The molecule has 0 unspecified atom stereocenters. The van der Waals surface area contributed by atoms with Gasteiger partial charge in [0.05, 0.1) is 29.4 Å². The number of amides is 2. The number of anilines is 2. The van der Waals surface area contributed by atoms with Gasteiger partial charge in [0.1, 0.15) is 18.2 Å². The molecule has 3 N–H and O–H groups in total. The average molecular weight is 521 g/mol. The summed E-state index contributed by atoms with van der Waals surface area (Å²) in [6.45, 7) is 0.193. The van der Waals surface area contributed by atoms with Crippen LogP contribution in [0.15, 0.2) is 54.9 Å². The van der Waals surface area contributed by atoms with Crippen LogP contribution >= 0.6 is 11.6 Å². The van der Waals surface area contributed by atoms with E-state index in [0.29, 0.717) is 34.2 Å². The number of rotatable bonds is 9. The fourth-order valence-corrected chi connectivity index (χ4v) is 3.82. The summed E-state index contributed by atoms with van der Waals surface area (Å²) in [4.78, 5) is 38.2. The Morgan fingerprint density at radius 1 is 1.03 bits per heavy atom. The lowest BCUT2D eigenvalue weighted by Gasteiger charge is -2.12. The molecule has 2 aromatic carbocycles. The second-order valence-electron chi connectivity index (χ2n) is 7.97. The monoisotopic (exact) mass is 520 g/mol. The second-order valence-corrected chi connectivity index (χ2v) is 8.38. The van der Waals surface area contributed by atoms with Crippen molar-refractivity contribution in [3.63, 3.8) is 0 Å². The first-order valence-corrected chi connectivity index (χ1v) is 11.6. The van der Waals surface area contributed by atoms with Crippen LogP contribution in [0.3, 0.4) is 0 Å². The fraction of sp³-hybridized carbons (Fsp3) is 0.192. The van der Waals surface area contributed by atoms with Crippen LogP contribution in [0.5, 0.6) is 5.75 Å². The zero-order valence-corrected chi connectivity index (χ0v) is 21.2. The summed E-state index contributed by atoms with van der Waals surface area (Å²) >= 11 is 6.30. The van der Waals surface area contributed by atoms with Crippen molar-refractivity contribution in [2.24, 2.45) is 0 Å². The Morgan fingerprint density at radius 3 is 2.62 bits per heavy atom. The maximum atomic E-state index is 13.1. The van der Waals surface area contributed by atoms with Crippen LogP contribution in [0.25, 0.3) is 22.3 Å². The number of hydrogen-bond acceptors (Lipinski definition) is 8. The maximum absolute atomic E-state index is 13.1. The minimum absolute atomic E-state index is 0.0439. The van der Waals surface area contributed by atoms with Crippen LogP contribution in [-0.2, 0) is 16.1 Å². The van der Waals surface area contributed by atoms with E-state index in [1.165, 1.54) is 7.11 Å². The number of nitrogens with zero attached hydrogens (tertiary/aromatic N) is 3. The van der Waals surface area contributed by atoms with Gasteiger partial charge >= 0.3 is 0 Å². The average Bonchev–Trinajstić information content (AvgIpc) is 2.91. The lowest BCUT2D eigenvalue weighted by atomic mass is 10.1. The molecule has 0 aliphatic carbocycles. The zero-order valence-electron chi connectivity index (χ0n) is 20.5. The zero-order chi connectivity index (χ0) is 26.4. The van der Waals surface area contributed by atoms with Crippen molar-refractivity contribution in [3.05, 3.63) is 71.0 Å². The molecule has 0 fully saturated rings. The number of hydrogen-bond donors (Lipinski definition) is 3. The third-order valence-corrected chi connectivity index (χ3v) is 5.77. The highest BCUT2D eigenvalue weighted by molar-refractivity contribution is 6.34. The molecule has 190 valence electrons. The molecular formula is C26H25ClN6O4. The normalized spacial score (nSPS) is 10.7. The van der Waals surface area contributed by atoms with Gasteiger partial charge < -0.3 is 25.4 Å². The molecule has 0 atom stereocenters. The predicted molar refractivity (Wildman–Crippen MR) is 142 cm³/mol. The Bertz CT molecular complexity index is 1460. The lowest BCUT2D eigenvalue weighted by Crippen LogP contribution is -2.26. The molecule has 0 spiro atoms. The van der Waals surface area contributed by atoms with Crippen LogP contribution in [0.1, 0.15) is 15.9 Å². The fourth-order valence-electron chi connectivity index (χ4n) is 3.62. The van der Waals surface area contributed by atoms with Crippen LogP contribution in [0.4, 0.5) is 11.5 Å². The predicted octanol–water partition coefficient (Wildman–Crippen LogP) is 3.91. The number of carbonyl (C=O) groups excluding carboxylic acids is 2. The van der Waals surface area contributed by atoms with E-state index in [1.807, 2.05) is 6.07 Å². The maximum Gasteiger partial charge on any atom is 0.257 e. The minimum atomic E-state index is -0.394. The van der Waals surface area contributed by atoms with E-state index in [0.717, 1.165) is 10.9 Å². The Labute approximate surface area is 218 Å². The first-order chi connectivity index (χ1) is 17.9. The summed E-state index contributed by atoms with van der Waals surface area (Å²) in [7, 11) is 4.78. The van der Waals surface area contributed by atoms with Gasteiger partial charge in [-0.15, -0.1) is 0 Å². The Balaban J connectivity index is 1.60. The molecule has 0 aliphatic heterocycles. The summed E-state index contributed by atoms with van der Waals surface area (Å²) < 4.78 is 10.1. The van der Waals surface area contributed by atoms with E-state index in [1.54, 1.807) is 62.9 Å². The van der Waals surface area contributed by atoms with Gasteiger partial charge in [0.15, 0.2) is 5.82 Å². The highest BCUT2D eigenvalue weighted by Gasteiger charge is 2.15. The van der Waals surface area contributed by atoms with Crippen LogP contribution in [0, 0.1) is 0 Å². The molecule has 0 radical (unpaired) electrons. The summed E-state index contributed by atoms with van der Waals surface area (Å²) in [6, 6.07) is 12.2. The Morgan fingerprint density at radius 2 is 1.86 bits per heavy atom. The quantitative estimate of drug-likeness (QED) is 0.303. The van der Waals surface area contributed by atoms with Crippen molar-refractivity contribution in [2.45, 2.75) is 6.54 Å². The number of ether oxygens (including phenoxy) is 2. The van der Waals surface area contributed by atoms with Crippen molar-refractivity contribution in [1.82, 2.24) is 20.3 Å². The molecule has 0 aliphatic rings. The number of nitrogens with one attached hydrogen (secondary N) is 3. The van der Waals surface area contributed by atoms with E-state index in [9.17, 15) is 9.59 Å². The van der Waals surface area contributed by atoms with Crippen molar-refractivity contribution in [3.8, 4) is 17.1 Å². The number of fused-ring (bicyclic) bond motifs is 1. The molecule has 4 aromatic rings. The molecule has 4 rings (SSSR count). The summed E-state index contributed by atoms with van der Waals surface area (Å²) in [5, 5.41) is 9.76. The van der Waals surface area contributed by atoms with Crippen LogP contribution in [0.2, 0.25) is 5.02 Å². The van der Waals surface area contributed by atoms with Gasteiger partial charge in [-0.2, -0.15) is 0 Å². The molecule has 37 heavy (non-hydrogen) atoms. The SMILES string of the molecule is CNc1nc(-c2cncc(OC)c2)nc2cc(NC(=O)c3cc(CNC(=O)COC)ccc3Cl)ccc12. The van der Waals surface area contributed by atoms with E-state index in [2.05, 4.69) is 30.9 Å². The number of halogens is 1. The number of aromatic nitrogens is 3. The molecule has 11 heteroatoms. The van der Waals surface area contributed by atoms with Crippen LogP contribution < -0.4 is 20.7 Å². The first kappa shape index (κ1) is 25.8. The molecule has 2 heterocycles. The highest BCUT2D eigenvalue weighted by Crippen LogP contribution is 2.28. The van der Waals surface area contributed by atoms with Crippen molar-refractivity contribution in [2.75, 3.05) is 38.5 Å². The van der Waals surface area contributed by atoms with Gasteiger partial charge in [0, 0.05) is 43.5 Å². The molecule has 0 bridgehead atoms. The van der Waals surface area contributed by atoms with Gasteiger partial charge in [0.25, 0.3) is 5.91 Å². The number of methoxy groups -OCH3 is 2. The van der Waals surface area contributed by atoms with Gasteiger partial charge in [-0.25, -0.2) is 9.97 Å². The topological polar surface area (TPSA) is 127 Å². The standard InChI is InChI=1S/C26H25ClN6O4/c1-28-25-19-6-5-17(10-22(19)32-24(33-25)16-9-18(37-3)13-29-12-16)31-26(35)20-8-15(4-7-21(20)27)11-30-23(34)14-36-2/h4-10,12-13H,11,14H2,1-3H3,(H,30,34)(H,31,35)(H,28,32,33). The third-order valence-electron chi connectivity index (χ3n) is 5.44. The van der Waals surface area contributed by atoms with Crippen LogP contribution in [-0.4, -0.2) is 54.6 Å². The van der Waals surface area contributed by atoms with E-state index in [-0.39, 0.29) is 29.6 Å². The molecule has 0 saturated heterocycles. The Hall–Kier alpha value is -4.28. The highest BCUT2D eigenvalue weighted by atomic mass is 35.5. The first-order valence-electron chi connectivity index (χ1n) is 11.3. The van der Waals surface area contributed by atoms with Gasteiger partial charge in [-0.1, -0.05) is 17.7 Å². The number of pyridine rings is 1. The minimum Gasteiger partial charge on any atom is -0.495 e. The van der Waals surface area contributed by atoms with Gasteiger partial charge in [-0.3, -0.25) is 14.6 Å². The second kappa shape index (κ2) is 11.6. The Kier molecular flexibility index (Phi) is 8.11. The molecule has 10 nitrogen and oxygen atoms in total. The van der Waals surface area contributed by atoms with Gasteiger partial charge in [-0.05, 0) is 42.0 Å². The number of carbonyl (C=O) groups is 2. The molecule has 2 amide bonds. The van der Waals surface area contributed by atoms with Crippen molar-refractivity contribution < 1.29 is 19.1 Å². The number of benzene rings is 2. The summed E-state index contributed by atoms with van der Waals surface area (Å²) in [6.07, 6.45) is 3.26.